The molecule has 1 aromatic carbocycles. The molecule has 2 amide bonds. The number of halogens is 1. The second kappa shape index (κ2) is 7.59. The third kappa shape index (κ3) is 4.30. The molecule has 0 unspecified atom stereocenters. The van der Waals surface area contributed by atoms with E-state index in [1.165, 1.54) is 0 Å². The highest BCUT2D eigenvalue weighted by Crippen LogP contribution is 2.20. The lowest BCUT2D eigenvalue weighted by atomic mass is 10.0. The van der Waals surface area contributed by atoms with Gasteiger partial charge in [-0.3, -0.25) is 9.59 Å². The average molecular weight is 353 g/mol. The van der Waals surface area contributed by atoms with E-state index in [2.05, 4.69) is 21.2 Å². The molecule has 21 heavy (non-hydrogen) atoms. The van der Waals surface area contributed by atoms with Crippen LogP contribution in [0.2, 0.25) is 0 Å². The molecule has 4 nitrogen and oxygen atoms in total. The van der Waals surface area contributed by atoms with E-state index in [1.807, 2.05) is 36.1 Å². The second-order valence-electron chi connectivity index (χ2n) is 5.36. The molecule has 1 aliphatic rings. The third-order valence-electron chi connectivity index (χ3n) is 3.73. The molecular formula is C16H21BrN2O2. The van der Waals surface area contributed by atoms with Crippen molar-refractivity contribution in [3.63, 3.8) is 0 Å². The van der Waals surface area contributed by atoms with Gasteiger partial charge in [0.05, 0.1) is 5.56 Å². The van der Waals surface area contributed by atoms with Crippen molar-refractivity contribution in [1.29, 1.82) is 0 Å². The Bertz CT molecular complexity index is 511. The van der Waals surface area contributed by atoms with E-state index in [0.717, 1.165) is 23.7 Å². The van der Waals surface area contributed by atoms with Crippen LogP contribution in [0.3, 0.4) is 0 Å². The predicted octanol–water partition coefficient (Wildman–Crippen LogP) is 2.97. The molecule has 0 radical (unpaired) electrons. The molecule has 2 rings (SSSR count). The highest BCUT2D eigenvalue weighted by atomic mass is 79.9. The zero-order chi connectivity index (χ0) is 15.2. The van der Waals surface area contributed by atoms with Crippen LogP contribution < -0.4 is 5.32 Å². The summed E-state index contributed by atoms with van der Waals surface area (Å²) in [4.78, 5) is 25.9. The van der Waals surface area contributed by atoms with E-state index < -0.39 is 0 Å². The van der Waals surface area contributed by atoms with Crippen LogP contribution in [0, 0.1) is 0 Å². The summed E-state index contributed by atoms with van der Waals surface area (Å²) in [6.07, 6.45) is 3.10. The number of hydrogen-bond acceptors (Lipinski definition) is 2. The van der Waals surface area contributed by atoms with Gasteiger partial charge < -0.3 is 10.2 Å². The lowest BCUT2D eigenvalue weighted by molar-refractivity contribution is -0.122. The number of carbonyl (C=O) groups excluding carboxylic acids is 2. The number of rotatable bonds is 4. The lowest BCUT2D eigenvalue weighted by Gasteiger charge is -2.32. The Morgan fingerprint density at radius 2 is 1.95 bits per heavy atom. The number of hydrogen-bond donors (Lipinski definition) is 1. The van der Waals surface area contributed by atoms with Crippen molar-refractivity contribution in [1.82, 2.24) is 10.2 Å². The van der Waals surface area contributed by atoms with Gasteiger partial charge in [0.2, 0.25) is 5.91 Å². The maximum absolute atomic E-state index is 12.5. The predicted molar refractivity (Wildman–Crippen MR) is 86.1 cm³/mol. The summed E-state index contributed by atoms with van der Waals surface area (Å²) in [7, 11) is 0. The molecular weight excluding hydrogens is 332 g/mol. The zero-order valence-electron chi connectivity index (χ0n) is 12.3. The molecule has 0 atom stereocenters. The van der Waals surface area contributed by atoms with Gasteiger partial charge in [-0.15, -0.1) is 0 Å². The molecule has 1 N–H and O–H groups in total. The van der Waals surface area contributed by atoms with Gasteiger partial charge in [0.25, 0.3) is 5.91 Å². The maximum Gasteiger partial charge on any atom is 0.254 e. The minimum atomic E-state index is 0.0563. The van der Waals surface area contributed by atoms with E-state index in [9.17, 15) is 9.59 Å². The van der Waals surface area contributed by atoms with Crippen LogP contribution in [-0.2, 0) is 4.79 Å². The number of carbonyl (C=O) groups is 2. The fourth-order valence-corrected chi connectivity index (χ4v) is 3.01. The number of benzene rings is 1. The molecule has 1 heterocycles. The van der Waals surface area contributed by atoms with Crippen molar-refractivity contribution >= 4 is 27.7 Å². The van der Waals surface area contributed by atoms with Gasteiger partial charge in [-0.2, -0.15) is 0 Å². The first-order chi connectivity index (χ1) is 10.1. The summed E-state index contributed by atoms with van der Waals surface area (Å²) in [5.41, 5.74) is 0.700. The Morgan fingerprint density at radius 1 is 1.29 bits per heavy atom. The minimum absolute atomic E-state index is 0.0563. The Morgan fingerprint density at radius 3 is 2.57 bits per heavy atom. The topological polar surface area (TPSA) is 49.4 Å². The molecule has 114 valence electrons. The van der Waals surface area contributed by atoms with Gasteiger partial charge in [-0.1, -0.05) is 19.1 Å². The van der Waals surface area contributed by atoms with Gasteiger partial charge >= 0.3 is 0 Å². The van der Waals surface area contributed by atoms with Crippen molar-refractivity contribution in [3.05, 3.63) is 34.3 Å². The molecule has 0 saturated carbocycles. The van der Waals surface area contributed by atoms with Crippen molar-refractivity contribution < 1.29 is 9.59 Å². The van der Waals surface area contributed by atoms with Crippen LogP contribution in [0.5, 0.6) is 0 Å². The van der Waals surface area contributed by atoms with Crippen LogP contribution in [0.1, 0.15) is 43.0 Å². The van der Waals surface area contributed by atoms with Crippen molar-refractivity contribution in [2.45, 2.75) is 38.6 Å². The van der Waals surface area contributed by atoms with Gasteiger partial charge in [0.15, 0.2) is 0 Å². The first-order valence-electron chi connectivity index (χ1n) is 7.45. The Labute approximate surface area is 134 Å². The van der Waals surface area contributed by atoms with Gasteiger partial charge in [0, 0.05) is 30.0 Å². The Hall–Kier alpha value is -1.36. The van der Waals surface area contributed by atoms with Crippen molar-refractivity contribution in [2.24, 2.45) is 0 Å². The van der Waals surface area contributed by atoms with Crippen LogP contribution in [0.4, 0.5) is 0 Å². The summed E-state index contributed by atoms with van der Waals surface area (Å²) < 4.78 is 0.827. The van der Waals surface area contributed by atoms with Crippen molar-refractivity contribution in [2.75, 3.05) is 13.1 Å². The van der Waals surface area contributed by atoms with E-state index in [-0.39, 0.29) is 17.9 Å². The molecule has 1 fully saturated rings. The third-order valence-corrected chi connectivity index (χ3v) is 4.42. The molecule has 0 aromatic heterocycles. The molecule has 5 heteroatoms. The minimum Gasteiger partial charge on any atom is -0.353 e. The molecule has 0 spiro atoms. The van der Waals surface area contributed by atoms with Gasteiger partial charge in [-0.25, -0.2) is 0 Å². The van der Waals surface area contributed by atoms with E-state index >= 15 is 0 Å². The van der Waals surface area contributed by atoms with Gasteiger partial charge in [0.1, 0.15) is 0 Å². The van der Waals surface area contributed by atoms with Crippen molar-refractivity contribution in [3.8, 4) is 0 Å². The fourth-order valence-electron chi connectivity index (χ4n) is 2.56. The second-order valence-corrected chi connectivity index (χ2v) is 6.22. The summed E-state index contributed by atoms with van der Waals surface area (Å²) in [5, 5.41) is 3.04. The number of amides is 2. The van der Waals surface area contributed by atoms with E-state index in [1.54, 1.807) is 0 Å². The van der Waals surface area contributed by atoms with E-state index in [4.69, 9.17) is 0 Å². The molecule has 1 aliphatic heterocycles. The van der Waals surface area contributed by atoms with Crippen LogP contribution >= 0.6 is 15.9 Å². The lowest BCUT2D eigenvalue weighted by Crippen LogP contribution is -2.46. The number of nitrogens with one attached hydrogen (secondary N) is 1. The normalized spacial score (nSPS) is 15.8. The smallest absolute Gasteiger partial charge is 0.254 e. The number of piperidine rings is 1. The van der Waals surface area contributed by atoms with Crippen LogP contribution in [0.15, 0.2) is 28.7 Å². The molecule has 1 aromatic rings. The SMILES string of the molecule is CCCC(=O)NC1CCN(C(=O)c2ccccc2Br)CC1. The monoisotopic (exact) mass is 352 g/mol. The highest BCUT2D eigenvalue weighted by Gasteiger charge is 2.25. The Balaban J connectivity index is 1.88. The summed E-state index contributed by atoms with van der Waals surface area (Å²) in [6, 6.07) is 7.69. The molecule has 1 saturated heterocycles. The molecule has 0 bridgehead atoms. The Kier molecular flexibility index (Phi) is 5.79. The quantitative estimate of drug-likeness (QED) is 0.905. The summed E-state index contributed by atoms with van der Waals surface area (Å²) in [5.74, 6) is 0.175. The first kappa shape index (κ1) is 16.0. The highest BCUT2D eigenvalue weighted by molar-refractivity contribution is 9.10. The van der Waals surface area contributed by atoms with Gasteiger partial charge in [-0.05, 0) is 47.3 Å². The first-order valence-corrected chi connectivity index (χ1v) is 8.24. The van der Waals surface area contributed by atoms with Crippen LogP contribution in [0.25, 0.3) is 0 Å². The number of nitrogens with zero attached hydrogens (tertiary/aromatic N) is 1. The summed E-state index contributed by atoms with van der Waals surface area (Å²) >= 11 is 3.42. The van der Waals surface area contributed by atoms with E-state index in [0.29, 0.717) is 25.1 Å². The average Bonchev–Trinajstić information content (AvgIpc) is 2.48. The maximum atomic E-state index is 12.5. The standard InChI is InChI=1S/C16H21BrN2O2/c1-2-5-15(20)18-12-8-10-19(11-9-12)16(21)13-6-3-4-7-14(13)17/h3-4,6-7,12H,2,5,8-11H2,1H3,(H,18,20). The van der Waals surface area contributed by atoms with Crippen LogP contribution in [-0.4, -0.2) is 35.8 Å². The summed E-state index contributed by atoms with van der Waals surface area (Å²) in [6.45, 7) is 3.38. The number of likely N-dealkylation sites (tertiary alicyclic amines) is 1. The largest absolute Gasteiger partial charge is 0.353 e. The molecule has 0 aliphatic carbocycles. The fraction of sp³-hybridized carbons (Fsp3) is 0.500. The zero-order valence-corrected chi connectivity index (χ0v) is 13.9.